The summed E-state index contributed by atoms with van der Waals surface area (Å²) in [5.74, 6) is -1.51. The topological polar surface area (TPSA) is 102 Å². The lowest BCUT2D eigenvalue weighted by atomic mass is 9.73. The van der Waals surface area contributed by atoms with Gasteiger partial charge in [0.25, 0.3) is 0 Å². The van der Waals surface area contributed by atoms with Crippen molar-refractivity contribution in [1.82, 2.24) is 9.55 Å². The molecule has 1 aromatic heterocycles. The second-order valence-electron chi connectivity index (χ2n) is 10.8. The molecular weight excluding hydrogens is 444 g/mol. The first-order valence-corrected chi connectivity index (χ1v) is 12.6. The van der Waals surface area contributed by atoms with E-state index in [4.69, 9.17) is 4.74 Å². The molecule has 5 atom stereocenters. The summed E-state index contributed by atoms with van der Waals surface area (Å²) in [6, 6.07) is 5.84. The lowest BCUT2D eigenvalue weighted by molar-refractivity contribution is -0.155. The van der Waals surface area contributed by atoms with Gasteiger partial charge in [0.2, 0.25) is 0 Å². The highest BCUT2D eigenvalue weighted by Crippen LogP contribution is 2.33. The van der Waals surface area contributed by atoms with Crippen LogP contribution in [0.25, 0.3) is 11.0 Å². The van der Waals surface area contributed by atoms with E-state index in [2.05, 4.69) is 18.0 Å². The minimum Gasteiger partial charge on any atom is -0.457 e. The van der Waals surface area contributed by atoms with Crippen LogP contribution in [0.4, 0.5) is 0 Å². The number of esters is 1. The normalized spacial score (nSPS) is 31.1. The SMILES string of the molecule is C/C1=C/C[C@@H](c2ccc3c(c2)ncn3C)OC(=O)C[C@H](O)C(C)(C)C(=O)[C@H](C)C(O)[C@@H](C)CCC1. The third kappa shape index (κ3) is 6.19. The molecule has 7 nitrogen and oxygen atoms in total. The number of aryl methyl sites for hydroxylation is 1. The number of carbonyl (C=O) groups is 2. The number of aliphatic hydroxyl groups excluding tert-OH is 2. The van der Waals surface area contributed by atoms with Gasteiger partial charge in [0, 0.05) is 19.4 Å². The molecule has 0 fully saturated rings. The molecule has 2 aromatic rings. The van der Waals surface area contributed by atoms with Crippen LogP contribution in [0.5, 0.6) is 0 Å². The van der Waals surface area contributed by atoms with Gasteiger partial charge in [-0.05, 0) is 49.8 Å². The molecule has 1 aromatic carbocycles. The van der Waals surface area contributed by atoms with Crippen molar-refractivity contribution in [3.8, 4) is 0 Å². The summed E-state index contributed by atoms with van der Waals surface area (Å²) < 4.78 is 7.80. The highest BCUT2D eigenvalue weighted by atomic mass is 16.5. The first kappa shape index (κ1) is 27.1. The van der Waals surface area contributed by atoms with Crippen LogP contribution < -0.4 is 0 Å². The average Bonchev–Trinajstić information content (AvgIpc) is 3.19. The molecule has 0 saturated carbocycles. The zero-order valence-electron chi connectivity index (χ0n) is 21.8. The Labute approximate surface area is 208 Å². The summed E-state index contributed by atoms with van der Waals surface area (Å²) >= 11 is 0. The second-order valence-corrected chi connectivity index (χ2v) is 10.8. The van der Waals surface area contributed by atoms with Crippen LogP contribution in [-0.4, -0.2) is 43.7 Å². The molecule has 1 aliphatic rings. The molecule has 0 bridgehead atoms. The van der Waals surface area contributed by atoms with Gasteiger partial charge >= 0.3 is 5.97 Å². The Morgan fingerprint density at radius 3 is 2.60 bits per heavy atom. The summed E-state index contributed by atoms with van der Waals surface area (Å²) in [4.78, 5) is 30.6. The Kier molecular flexibility index (Phi) is 8.54. The van der Waals surface area contributed by atoms with E-state index in [1.54, 1.807) is 27.1 Å². The summed E-state index contributed by atoms with van der Waals surface area (Å²) in [5.41, 5.74) is 2.63. The van der Waals surface area contributed by atoms with E-state index in [0.717, 1.165) is 35.9 Å². The number of aromatic nitrogens is 2. The van der Waals surface area contributed by atoms with E-state index in [1.165, 1.54) is 5.57 Å². The van der Waals surface area contributed by atoms with Crippen molar-refractivity contribution in [2.75, 3.05) is 0 Å². The molecule has 0 amide bonds. The van der Waals surface area contributed by atoms with Crippen LogP contribution in [0.1, 0.15) is 78.4 Å². The Hall–Kier alpha value is -2.51. The maximum atomic E-state index is 13.2. The van der Waals surface area contributed by atoms with Crippen molar-refractivity contribution in [3.05, 3.63) is 41.7 Å². The van der Waals surface area contributed by atoms with E-state index < -0.39 is 35.6 Å². The zero-order valence-corrected chi connectivity index (χ0v) is 21.8. The first-order chi connectivity index (χ1) is 16.4. The Morgan fingerprint density at radius 1 is 1.17 bits per heavy atom. The van der Waals surface area contributed by atoms with Gasteiger partial charge in [-0.2, -0.15) is 0 Å². The van der Waals surface area contributed by atoms with Gasteiger partial charge in [-0.25, -0.2) is 4.98 Å². The van der Waals surface area contributed by atoms with Gasteiger partial charge in [-0.3, -0.25) is 9.59 Å². The van der Waals surface area contributed by atoms with Crippen molar-refractivity contribution >= 4 is 22.8 Å². The van der Waals surface area contributed by atoms with Gasteiger partial charge in [-0.1, -0.05) is 45.4 Å². The fourth-order valence-corrected chi connectivity index (χ4v) is 4.91. The number of imidazole rings is 1. The standard InChI is InChI=1S/C28H40N2O5/c1-17-8-7-9-18(2)26(33)19(3)27(34)28(4,5)24(31)15-25(32)35-23(13-10-17)20-11-12-22-21(14-20)29-16-30(22)6/h10-12,14,16,18-19,23-24,26,31,33H,7-9,13,15H2,1-6H3/b17-10-/t18-,19+,23-,24-,26?/m0/s1. The quantitative estimate of drug-likeness (QED) is 0.451. The molecule has 0 saturated heterocycles. The number of carbonyl (C=O) groups excluding carboxylic acids is 2. The number of hydrogen-bond acceptors (Lipinski definition) is 6. The molecule has 35 heavy (non-hydrogen) atoms. The van der Waals surface area contributed by atoms with Crippen LogP contribution in [-0.2, 0) is 21.4 Å². The number of rotatable bonds is 1. The Bertz CT molecular complexity index is 1090. The third-order valence-electron chi connectivity index (χ3n) is 7.64. The molecule has 0 radical (unpaired) electrons. The second kappa shape index (κ2) is 11.0. The fourth-order valence-electron chi connectivity index (χ4n) is 4.91. The van der Waals surface area contributed by atoms with E-state index in [-0.39, 0.29) is 18.1 Å². The molecule has 2 N–H and O–H groups in total. The molecule has 2 heterocycles. The van der Waals surface area contributed by atoms with Crippen LogP contribution in [0, 0.1) is 17.3 Å². The summed E-state index contributed by atoms with van der Waals surface area (Å²) in [5, 5.41) is 21.7. The fraction of sp³-hybridized carbons (Fsp3) is 0.607. The van der Waals surface area contributed by atoms with Crippen molar-refractivity contribution in [1.29, 1.82) is 0 Å². The number of ether oxygens (including phenoxy) is 1. The van der Waals surface area contributed by atoms with Crippen LogP contribution in [0.3, 0.4) is 0 Å². The van der Waals surface area contributed by atoms with E-state index in [1.807, 2.05) is 36.7 Å². The minimum atomic E-state index is -1.23. The number of cyclic esters (lactones) is 1. The van der Waals surface area contributed by atoms with Crippen molar-refractivity contribution in [2.24, 2.45) is 24.3 Å². The average molecular weight is 485 g/mol. The smallest absolute Gasteiger partial charge is 0.309 e. The van der Waals surface area contributed by atoms with Crippen LogP contribution in [0.2, 0.25) is 0 Å². The van der Waals surface area contributed by atoms with Gasteiger partial charge in [-0.15, -0.1) is 0 Å². The summed E-state index contributed by atoms with van der Waals surface area (Å²) in [6.45, 7) is 8.98. The molecule has 192 valence electrons. The number of nitrogens with zero attached hydrogens (tertiary/aromatic N) is 2. The van der Waals surface area contributed by atoms with Crippen molar-refractivity contribution < 1.29 is 24.5 Å². The maximum Gasteiger partial charge on any atom is 0.309 e. The largest absolute Gasteiger partial charge is 0.457 e. The molecular formula is C28H40N2O5. The monoisotopic (exact) mass is 484 g/mol. The van der Waals surface area contributed by atoms with Crippen molar-refractivity contribution in [2.45, 2.75) is 85.0 Å². The lowest BCUT2D eigenvalue weighted by Gasteiger charge is -2.34. The number of ketones is 1. The van der Waals surface area contributed by atoms with E-state index in [9.17, 15) is 19.8 Å². The van der Waals surface area contributed by atoms with Gasteiger partial charge in [0.15, 0.2) is 0 Å². The molecule has 1 aliphatic heterocycles. The minimum absolute atomic E-state index is 0.0505. The van der Waals surface area contributed by atoms with Crippen molar-refractivity contribution in [3.63, 3.8) is 0 Å². The number of allylic oxidation sites excluding steroid dienone is 1. The lowest BCUT2D eigenvalue weighted by Crippen LogP contribution is -2.45. The predicted molar refractivity (Wildman–Crippen MR) is 136 cm³/mol. The molecule has 0 spiro atoms. The number of fused-ring (bicyclic) bond motifs is 1. The third-order valence-corrected chi connectivity index (χ3v) is 7.64. The molecule has 7 heteroatoms. The van der Waals surface area contributed by atoms with Gasteiger partial charge in [0.1, 0.15) is 11.9 Å². The first-order valence-electron chi connectivity index (χ1n) is 12.6. The summed E-state index contributed by atoms with van der Waals surface area (Å²) in [7, 11) is 1.93. The Morgan fingerprint density at radius 2 is 1.89 bits per heavy atom. The van der Waals surface area contributed by atoms with Crippen LogP contribution >= 0.6 is 0 Å². The predicted octanol–water partition coefficient (Wildman–Crippen LogP) is 4.66. The molecule has 3 rings (SSSR count). The molecule has 0 aliphatic carbocycles. The zero-order chi connectivity index (χ0) is 25.9. The van der Waals surface area contributed by atoms with Gasteiger partial charge < -0.3 is 19.5 Å². The maximum absolute atomic E-state index is 13.2. The number of Topliss-reactive ketones (excluding diaryl/α,β-unsaturated/α-hetero) is 1. The van der Waals surface area contributed by atoms with Crippen LogP contribution in [0.15, 0.2) is 36.2 Å². The van der Waals surface area contributed by atoms with E-state index >= 15 is 0 Å². The number of hydrogen-bond donors (Lipinski definition) is 2. The number of aliphatic hydroxyl groups is 2. The van der Waals surface area contributed by atoms with Gasteiger partial charge in [0.05, 0.1) is 41.4 Å². The van der Waals surface area contributed by atoms with E-state index in [0.29, 0.717) is 6.42 Å². The summed E-state index contributed by atoms with van der Waals surface area (Å²) in [6.07, 6.45) is 4.04. The highest BCUT2D eigenvalue weighted by molar-refractivity contribution is 5.88. The number of benzene rings is 1. The molecule has 1 unspecified atom stereocenters. The Balaban J connectivity index is 1.91. The highest BCUT2D eigenvalue weighted by Gasteiger charge is 2.42.